The van der Waals surface area contributed by atoms with E-state index in [0.29, 0.717) is 11.0 Å². The molecule has 1 amide bonds. The SMILES string of the molecule is Cn1c(SCC(=O)Nc2ccc(Cl)c(C(F)(F)F)c2)nnc1-c1ccc(C(C)(C)C)cc1. The summed E-state index contributed by atoms with van der Waals surface area (Å²) in [6, 6.07) is 11.3. The lowest BCUT2D eigenvalue weighted by molar-refractivity contribution is -0.137. The molecule has 0 aliphatic carbocycles. The second-order valence-electron chi connectivity index (χ2n) is 8.22. The number of amides is 1. The van der Waals surface area contributed by atoms with Crippen LogP contribution >= 0.6 is 23.4 Å². The molecule has 5 nitrogen and oxygen atoms in total. The Hall–Kier alpha value is -2.52. The first-order chi connectivity index (χ1) is 14.9. The zero-order valence-corrected chi connectivity index (χ0v) is 19.5. The van der Waals surface area contributed by atoms with Crippen molar-refractivity contribution >= 4 is 35.0 Å². The Balaban J connectivity index is 1.66. The van der Waals surface area contributed by atoms with Crippen molar-refractivity contribution in [3.63, 3.8) is 0 Å². The van der Waals surface area contributed by atoms with Gasteiger partial charge >= 0.3 is 6.18 Å². The van der Waals surface area contributed by atoms with Gasteiger partial charge in [0, 0.05) is 18.3 Å². The zero-order valence-electron chi connectivity index (χ0n) is 17.9. The third-order valence-corrected chi connectivity index (χ3v) is 6.08. The summed E-state index contributed by atoms with van der Waals surface area (Å²) in [5, 5.41) is 10.9. The molecular formula is C22H22ClF3N4OS. The first kappa shape index (κ1) is 24.1. The molecule has 2 aromatic carbocycles. The Morgan fingerprint density at radius 1 is 1.09 bits per heavy atom. The first-order valence-corrected chi connectivity index (χ1v) is 11.0. The zero-order chi connectivity index (χ0) is 23.7. The minimum atomic E-state index is -4.60. The summed E-state index contributed by atoms with van der Waals surface area (Å²) < 4.78 is 40.7. The summed E-state index contributed by atoms with van der Waals surface area (Å²) in [5.74, 6) is 0.143. The van der Waals surface area contributed by atoms with Gasteiger partial charge in [-0.05, 0) is 29.2 Å². The lowest BCUT2D eigenvalue weighted by atomic mass is 9.87. The van der Waals surface area contributed by atoms with Crippen molar-refractivity contribution in [2.24, 2.45) is 7.05 Å². The number of halogens is 4. The van der Waals surface area contributed by atoms with Gasteiger partial charge in [0.25, 0.3) is 0 Å². The molecular weight excluding hydrogens is 461 g/mol. The fourth-order valence-corrected chi connectivity index (χ4v) is 3.89. The lowest BCUT2D eigenvalue weighted by Gasteiger charge is -2.19. The van der Waals surface area contributed by atoms with Gasteiger partial charge in [-0.25, -0.2) is 0 Å². The highest BCUT2D eigenvalue weighted by Crippen LogP contribution is 2.36. The van der Waals surface area contributed by atoms with Crippen molar-refractivity contribution in [2.75, 3.05) is 11.1 Å². The topological polar surface area (TPSA) is 59.8 Å². The normalized spacial score (nSPS) is 12.1. The number of hydrogen-bond acceptors (Lipinski definition) is 4. The average Bonchev–Trinajstić information content (AvgIpc) is 3.07. The number of aromatic nitrogens is 3. The molecule has 32 heavy (non-hydrogen) atoms. The van der Waals surface area contributed by atoms with Crippen molar-refractivity contribution in [3.8, 4) is 11.4 Å². The molecule has 0 bridgehead atoms. The van der Waals surface area contributed by atoms with E-state index in [4.69, 9.17) is 11.6 Å². The van der Waals surface area contributed by atoms with E-state index in [0.717, 1.165) is 29.5 Å². The first-order valence-electron chi connectivity index (χ1n) is 9.66. The highest BCUT2D eigenvalue weighted by Gasteiger charge is 2.33. The van der Waals surface area contributed by atoms with E-state index in [2.05, 4.69) is 36.3 Å². The van der Waals surface area contributed by atoms with Gasteiger partial charge in [0.15, 0.2) is 11.0 Å². The van der Waals surface area contributed by atoms with Crippen molar-refractivity contribution in [2.45, 2.75) is 37.5 Å². The minimum Gasteiger partial charge on any atom is -0.325 e. The molecule has 3 aromatic rings. The molecule has 0 spiro atoms. The summed E-state index contributed by atoms with van der Waals surface area (Å²) in [5.41, 5.74) is 1.15. The minimum absolute atomic E-state index is 0.0184. The number of carbonyl (C=O) groups excluding carboxylic acids is 1. The van der Waals surface area contributed by atoms with Crippen LogP contribution in [0.2, 0.25) is 5.02 Å². The van der Waals surface area contributed by atoms with E-state index < -0.39 is 22.7 Å². The Kier molecular flexibility index (Phi) is 6.90. The number of rotatable bonds is 5. The molecule has 170 valence electrons. The summed E-state index contributed by atoms with van der Waals surface area (Å²) in [4.78, 5) is 12.2. The number of thioether (sulfide) groups is 1. The number of alkyl halides is 3. The maximum atomic E-state index is 13.0. The summed E-state index contributed by atoms with van der Waals surface area (Å²) in [6.07, 6.45) is -4.60. The van der Waals surface area contributed by atoms with Crippen LogP contribution in [0.15, 0.2) is 47.6 Å². The summed E-state index contributed by atoms with van der Waals surface area (Å²) >= 11 is 6.74. The van der Waals surface area contributed by atoms with E-state index in [1.807, 2.05) is 24.3 Å². The van der Waals surface area contributed by atoms with Crippen LogP contribution in [-0.4, -0.2) is 26.4 Å². The fraction of sp³-hybridized carbons (Fsp3) is 0.318. The van der Waals surface area contributed by atoms with Crippen LogP contribution < -0.4 is 5.32 Å². The molecule has 10 heteroatoms. The van der Waals surface area contributed by atoms with Gasteiger partial charge in [0.1, 0.15) is 0 Å². The standard InChI is InChI=1S/C22H22ClF3N4OS/c1-21(2,3)14-7-5-13(6-8-14)19-28-29-20(30(19)4)32-12-18(31)27-15-9-10-17(23)16(11-15)22(24,25)26/h5-11H,12H2,1-4H3,(H,27,31). The molecule has 0 aliphatic heterocycles. The van der Waals surface area contributed by atoms with Gasteiger partial charge in [-0.1, -0.05) is 68.4 Å². The lowest BCUT2D eigenvalue weighted by Crippen LogP contribution is -2.15. The van der Waals surface area contributed by atoms with Gasteiger partial charge < -0.3 is 9.88 Å². The van der Waals surface area contributed by atoms with Crippen LogP contribution in [-0.2, 0) is 23.4 Å². The second kappa shape index (κ2) is 9.15. The molecule has 0 aliphatic rings. The highest BCUT2D eigenvalue weighted by molar-refractivity contribution is 7.99. The van der Waals surface area contributed by atoms with Crippen LogP contribution in [0, 0.1) is 0 Å². The number of benzene rings is 2. The van der Waals surface area contributed by atoms with Gasteiger partial charge in [0.05, 0.1) is 16.3 Å². The van der Waals surface area contributed by atoms with E-state index in [9.17, 15) is 18.0 Å². The van der Waals surface area contributed by atoms with Crippen LogP contribution in [0.3, 0.4) is 0 Å². The summed E-state index contributed by atoms with van der Waals surface area (Å²) in [7, 11) is 1.79. The number of anilines is 1. The molecule has 0 saturated carbocycles. The summed E-state index contributed by atoms with van der Waals surface area (Å²) in [6.45, 7) is 6.41. The van der Waals surface area contributed by atoms with Crippen LogP contribution in [0.5, 0.6) is 0 Å². The van der Waals surface area contributed by atoms with Crippen LogP contribution in [0.25, 0.3) is 11.4 Å². The maximum Gasteiger partial charge on any atom is 0.417 e. The molecule has 0 saturated heterocycles. The van der Waals surface area contributed by atoms with Gasteiger partial charge in [-0.15, -0.1) is 10.2 Å². The maximum absolute atomic E-state index is 13.0. The smallest absolute Gasteiger partial charge is 0.325 e. The molecule has 0 atom stereocenters. The molecule has 1 aromatic heterocycles. The predicted octanol–water partition coefficient (Wildman–Crippen LogP) is 6.18. The molecule has 0 radical (unpaired) electrons. The average molecular weight is 483 g/mol. The number of hydrogen-bond donors (Lipinski definition) is 1. The Bertz CT molecular complexity index is 1120. The highest BCUT2D eigenvalue weighted by atomic mass is 35.5. The third-order valence-electron chi connectivity index (χ3n) is 4.73. The molecule has 1 heterocycles. The van der Waals surface area contributed by atoms with Crippen LogP contribution in [0.1, 0.15) is 31.9 Å². The van der Waals surface area contributed by atoms with Crippen LogP contribution in [0.4, 0.5) is 18.9 Å². The van der Waals surface area contributed by atoms with E-state index >= 15 is 0 Å². The quantitative estimate of drug-likeness (QED) is 0.441. The molecule has 0 fully saturated rings. The largest absolute Gasteiger partial charge is 0.417 e. The monoisotopic (exact) mass is 482 g/mol. The Labute approximate surface area is 193 Å². The second-order valence-corrected chi connectivity index (χ2v) is 9.57. The van der Waals surface area contributed by atoms with E-state index in [-0.39, 0.29) is 16.9 Å². The van der Waals surface area contributed by atoms with Gasteiger partial charge in [-0.2, -0.15) is 13.2 Å². The molecule has 3 rings (SSSR count). The number of nitrogens with zero attached hydrogens (tertiary/aromatic N) is 3. The van der Waals surface area contributed by atoms with Crippen molar-refractivity contribution in [1.82, 2.24) is 14.8 Å². The van der Waals surface area contributed by atoms with E-state index in [1.54, 1.807) is 11.6 Å². The van der Waals surface area contributed by atoms with Gasteiger partial charge in [-0.3, -0.25) is 4.79 Å². The van der Waals surface area contributed by atoms with Crippen molar-refractivity contribution in [3.05, 3.63) is 58.6 Å². The fourth-order valence-electron chi connectivity index (χ4n) is 2.96. The molecule has 0 unspecified atom stereocenters. The Morgan fingerprint density at radius 3 is 2.34 bits per heavy atom. The van der Waals surface area contributed by atoms with Gasteiger partial charge in [0.2, 0.25) is 5.91 Å². The van der Waals surface area contributed by atoms with Crippen molar-refractivity contribution in [1.29, 1.82) is 0 Å². The Morgan fingerprint density at radius 2 is 1.75 bits per heavy atom. The van der Waals surface area contributed by atoms with E-state index in [1.165, 1.54) is 11.6 Å². The van der Waals surface area contributed by atoms with Crippen molar-refractivity contribution < 1.29 is 18.0 Å². The number of carbonyl (C=O) groups is 1. The predicted molar refractivity (Wildman–Crippen MR) is 121 cm³/mol. The third kappa shape index (κ3) is 5.63. The number of nitrogens with one attached hydrogen (secondary N) is 1. The molecule has 1 N–H and O–H groups in total.